The van der Waals surface area contributed by atoms with Gasteiger partial charge in [-0.15, -0.1) is 5.10 Å². The van der Waals surface area contributed by atoms with Gasteiger partial charge in [0.05, 0.1) is 11.1 Å². The van der Waals surface area contributed by atoms with Gasteiger partial charge >= 0.3 is 12.3 Å². The van der Waals surface area contributed by atoms with Crippen LogP contribution in [0.3, 0.4) is 0 Å². The maximum Gasteiger partial charge on any atom is 0.423 e. The van der Waals surface area contributed by atoms with Crippen LogP contribution in [0.5, 0.6) is 0 Å². The van der Waals surface area contributed by atoms with Gasteiger partial charge in [-0.2, -0.15) is 18.1 Å². The van der Waals surface area contributed by atoms with E-state index in [2.05, 4.69) is 5.10 Å². The van der Waals surface area contributed by atoms with Gasteiger partial charge in [0.1, 0.15) is 5.60 Å². The molecule has 0 fully saturated rings. The quantitative estimate of drug-likeness (QED) is 0.775. The molecule has 0 aliphatic rings. The van der Waals surface area contributed by atoms with Crippen LogP contribution in [-0.2, 0) is 15.7 Å². The number of alkyl halides is 3. The van der Waals surface area contributed by atoms with E-state index in [1.807, 2.05) is 0 Å². The normalized spacial score (nSPS) is 12.3. The highest BCUT2D eigenvalue weighted by atomic mass is 19.4. The van der Waals surface area contributed by atoms with Crippen molar-refractivity contribution >= 4 is 23.3 Å². The second-order valence-electron chi connectivity index (χ2n) is 6.53. The van der Waals surface area contributed by atoms with E-state index in [1.54, 1.807) is 27.7 Å². The molecule has 6 nitrogen and oxygen atoms in total. The van der Waals surface area contributed by atoms with Crippen molar-refractivity contribution in [3.05, 3.63) is 29.5 Å². The zero-order chi connectivity index (χ0) is 19.2. The van der Waals surface area contributed by atoms with Crippen LogP contribution in [0.4, 0.5) is 23.8 Å². The predicted molar refractivity (Wildman–Crippen MR) is 84.3 cm³/mol. The molecule has 2 rings (SSSR count). The standard InChI is InChI=1S/C16H18F3N3O3/c1-9-12-7-6-11(16(17,18)19)8-21(12)20-13(9)22(10(2)23)14(24)25-15(3,4)5/h6-8H,1-5H3. The molecule has 0 radical (unpaired) electrons. The van der Waals surface area contributed by atoms with Gasteiger partial charge in [0.2, 0.25) is 5.91 Å². The number of aryl methyl sites for hydroxylation is 1. The van der Waals surface area contributed by atoms with Gasteiger partial charge in [-0.25, -0.2) is 9.31 Å². The summed E-state index contributed by atoms with van der Waals surface area (Å²) in [5, 5.41) is 3.98. The molecular weight excluding hydrogens is 339 g/mol. The minimum atomic E-state index is -4.53. The first-order valence-electron chi connectivity index (χ1n) is 7.41. The largest absolute Gasteiger partial charge is 0.443 e. The Balaban J connectivity index is 2.55. The molecule has 0 aliphatic carbocycles. The van der Waals surface area contributed by atoms with Crippen molar-refractivity contribution in [3.63, 3.8) is 0 Å². The molecule has 2 heterocycles. The van der Waals surface area contributed by atoms with Crippen molar-refractivity contribution in [1.29, 1.82) is 0 Å². The number of pyridine rings is 1. The minimum Gasteiger partial charge on any atom is -0.443 e. The number of rotatable bonds is 1. The molecule has 136 valence electrons. The van der Waals surface area contributed by atoms with Gasteiger partial charge < -0.3 is 4.74 Å². The molecule has 9 heteroatoms. The van der Waals surface area contributed by atoms with Crippen molar-refractivity contribution in [2.24, 2.45) is 0 Å². The fourth-order valence-corrected chi connectivity index (χ4v) is 2.21. The van der Waals surface area contributed by atoms with Crippen molar-refractivity contribution < 1.29 is 27.5 Å². The summed E-state index contributed by atoms with van der Waals surface area (Å²) in [6.07, 6.45) is -4.67. The van der Waals surface area contributed by atoms with E-state index < -0.39 is 29.3 Å². The zero-order valence-corrected chi connectivity index (χ0v) is 14.4. The van der Waals surface area contributed by atoms with Gasteiger partial charge in [-0.05, 0) is 39.8 Å². The summed E-state index contributed by atoms with van der Waals surface area (Å²) in [6.45, 7) is 7.61. The van der Waals surface area contributed by atoms with Crippen molar-refractivity contribution in [2.75, 3.05) is 4.90 Å². The third-order valence-corrected chi connectivity index (χ3v) is 3.28. The molecule has 2 amide bonds. The maximum atomic E-state index is 12.8. The second-order valence-corrected chi connectivity index (χ2v) is 6.53. The average Bonchev–Trinajstić information content (AvgIpc) is 2.72. The second kappa shape index (κ2) is 6.05. The molecule has 0 saturated carbocycles. The summed E-state index contributed by atoms with van der Waals surface area (Å²) in [7, 11) is 0. The van der Waals surface area contributed by atoms with Gasteiger partial charge in [-0.1, -0.05) is 0 Å². The first-order valence-corrected chi connectivity index (χ1v) is 7.41. The molecule has 0 atom stereocenters. The van der Waals surface area contributed by atoms with Gasteiger partial charge in [-0.3, -0.25) is 4.79 Å². The first kappa shape index (κ1) is 18.8. The highest BCUT2D eigenvalue weighted by Gasteiger charge is 2.33. The van der Waals surface area contributed by atoms with Crippen LogP contribution in [0.1, 0.15) is 38.8 Å². The number of carbonyl (C=O) groups excluding carboxylic acids is 2. The SMILES string of the molecule is CC(=O)N(C(=O)OC(C)(C)C)c1nn2cc(C(F)(F)F)ccc2c1C. The van der Waals surface area contributed by atoms with Crippen LogP contribution < -0.4 is 4.90 Å². The molecule has 25 heavy (non-hydrogen) atoms. The number of nitrogens with zero attached hydrogens (tertiary/aromatic N) is 3. The minimum absolute atomic E-state index is 0.0684. The first-order chi connectivity index (χ1) is 11.3. The summed E-state index contributed by atoms with van der Waals surface area (Å²) in [6, 6.07) is 2.15. The van der Waals surface area contributed by atoms with Gasteiger partial charge in [0, 0.05) is 18.7 Å². The molecular formula is C16H18F3N3O3. The van der Waals surface area contributed by atoms with E-state index in [1.165, 1.54) is 6.07 Å². The summed E-state index contributed by atoms with van der Waals surface area (Å²) < 4.78 is 44.7. The smallest absolute Gasteiger partial charge is 0.423 e. The third kappa shape index (κ3) is 3.92. The molecule has 0 aliphatic heterocycles. The van der Waals surface area contributed by atoms with Crippen molar-refractivity contribution in [2.45, 2.75) is 46.4 Å². The highest BCUT2D eigenvalue weighted by molar-refractivity contribution is 6.11. The van der Waals surface area contributed by atoms with E-state index in [0.717, 1.165) is 23.7 Å². The number of hydrogen-bond donors (Lipinski definition) is 0. The number of amides is 2. The Morgan fingerprint density at radius 2 is 1.80 bits per heavy atom. The zero-order valence-electron chi connectivity index (χ0n) is 14.4. The predicted octanol–water partition coefficient (Wildman–Crippen LogP) is 3.95. The molecule has 2 aromatic heterocycles. The van der Waals surface area contributed by atoms with E-state index in [-0.39, 0.29) is 5.82 Å². The molecule has 0 aromatic carbocycles. The fraction of sp³-hybridized carbons (Fsp3) is 0.438. The lowest BCUT2D eigenvalue weighted by atomic mass is 10.2. The van der Waals surface area contributed by atoms with Crippen LogP contribution in [0.15, 0.2) is 18.3 Å². The molecule has 0 spiro atoms. The highest BCUT2D eigenvalue weighted by Crippen LogP contribution is 2.31. The molecule has 0 saturated heterocycles. The summed E-state index contributed by atoms with van der Waals surface area (Å²) >= 11 is 0. The number of fused-ring (bicyclic) bond motifs is 1. The molecule has 2 aromatic rings. The molecule has 0 N–H and O–H groups in total. The molecule has 0 unspecified atom stereocenters. The Kier molecular flexibility index (Phi) is 4.54. The maximum absolute atomic E-state index is 12.8. The lowest BCUT2D eigenvalue weighted by molar-refractivity contribution is -0.138. The van der Waals surface area contributed by atoms with Crippen LogP contribution in [0, 0.1) is 6.92 Å². The average molecular weight is 357 g/mol. The van der Waals surface area contributed by atoms with Crippen molar-refractivity contribution in [1.82, 2.24) is 9.61 Å². The van der Waals surface area contributed by atoms with Crippen LogP contribution in [-0.4, -0.2) is 27.2 Å². The lowest BCUT2D eigenvalue weighted by Crippen LogP contribution is -2.40. The van der Waals surface area contributed by atoms with E-state index in [4.69, 9.17) is 4.74 Å². The molecule has 0 bridgehead atoms. The van der Waals surface area contributed by atoms with Gasteiger partial charge in [0.15, 0.2) is 5.82 Å². The van der Waals surface area contributed by atoms with E-state index in [9.17, 15) is 22.8 Å². The Labute approximate surface area is 142 Å². The topological polar surface area (TPSA) is 63.9 Å². The Morgan fingerprint density at radius 3 is 2.28 bits per heavy atom. The monoisotopic (exact) mass is 357 g/mol. The summed E-state index contributed by atoms with van der Waals surface area (Å²) in [4.78, 5) is 24.9. The van der Waals surface area contributed by atoms with Gasteiger partial charge in [0.25, 0.3) is 0 Å². The van der Waals surface area contributed by atoms with E-state index >= 15 is 0 Å². The third-order valence-electron chi connectivity index (χ3n) is 3.28. The number of carbonyl (C=O) groups is 2. The summed E-state index contributed by atoms with van der Waals surface area (Å²) in [5.41, 5.74) is -1.00. The van der Waals surface area contributed by atoms with Crippen LogP contribution >= 0.6 is 0 Å². The Hall–Kier alpha value is -2.58. The van der Waals surface area contributed by atoms with Crippen molar-refractivity contribution in [3.8, 4) is 0 Å². The number of anilines is 1. The Morgan fingerprint density at radius 1 is 1.20 bits per heavy atom. The Bertz CT molecular complexity index is 835. The number of aromatic nitrogens is 2. The van der Waals surface area contributed by atoms with E-state index in [0.29, 0.717) is 16.0 Å². The number of ether oxygens (including phenoxy) is 1. The van der Waals surface area contributed by atoms with Crippen LogP contribution in [0.25, 0.3) is 5.52 Å². The fourth-order valence-electron chi connectivity index (χ4n) is 2.21. The summed E-state index contributed by atoms with van der Waals surface area (Å²) in [5.74, 6) is -0.724. The van der Waals surface area contributed by atoms with Crippen LogP contribution in [0.2, 0.25) is 0 Å². The number of hydrogen-bond acceptors (Lipinski definition) is 4. The number of halogens is 3. The number of imide groups is 1. The lowest BCUT2D eigenvalue weighted by Gasteiger charge is -2.24.